The van der Waals surface area contributed by atoms with Crippen molar-refractivity contribution in [1.82, 2.24) is 0 Å². The van der Waals surface area contributed by atoms with Gasteiger partial charge in [0.15, 0.2) is 0 Å². The SMILES string of the molecule is N#Cc1cccc(NC(=O)c2ccc(NS(=O)(=O)c3ccc(Br)s3)cc2)c1. The number of amides is 1. The molecule has 27 heavy (non-hydrogen) atoms. The zero-order valence-electron chi connectivity index (χ0n) is 13.6. The second-order valence-electron chi connectivity index (χ2n) is 5.39. The highest BCUT2D eigenvalue weighted by atomic mass is 79.9. The van der Waals surface area contributed by atoms with Crippen LogP contribution in [0, 0.1) is 11.3 Å². The van der Waals surface area contributed by atoms with Crippen LogP contribution in [0.2, 0.25) is 0 Å². The van der Waals surface area contributed by atoms with Crippen molar-refractivity contribution in [2.75, 3.05) is 10.0 Å². The van der Waals surface area contributed by atoms with Crippen LogP contribution in [0.4, 0.5) is 11.4 Å². The molecule has 0 aliphatic rings. The number of anilines is 2. The molecule has 0 unspecified atom stereocenters. The lowest BCUT2D eigenvalue weighted by Gasteiger charge is -2.08. The average Bonchev–Trinajstić information content (AvgIpc) is 3.09. The number of thiophene rings is 1. The predicted molar refractivity (Wildman–Crippen MR) is 108 cm³/mol. The summed E-state index contributed by atoms with van der Waals surface area (Å²) in [7, 11) is -3.67. The molecule has 0 fully saturated rings. The van der Waals surface area contributed by atoms with Gasteiger partial charge in [-0.3, -0.25) is 9.52 Å². The van der Waals surface area contributed by atoms with Crippen molar-refractivity contribution in [3.8, 4) is 6.07 Å². The molecule has 136 valence electrons. The molecule has 2 aromatic carbocycles. The molecule has 3 rings (SSSR count). The molecule has 2 N–H and O–H groups in total. The maximum atomic E-state index is 12.3. The highest BCUT2D eigenvalue weighted by Crippen LogP contribution is 2.27. The number of halogens is 1. The van der Waals surface area contributed by atoms with E-state index in [2.05, 4.69) is 26.0 Å². The van der Waals surface area contributed by atoms with E-state index in [0.717, 1.165) is 15.1 Å². The van der Waals surface area contributed by atoms with E-state index in [1.54, 1.807) is 30.3 Å². The molecule has 6 nitrogen and oxygen atoms in total. The normalized spacial score (nSPS) is 10.8. The number of carbonyl (C=O) groups excluding carboxylic acids is 1. The van der Waals surface area contributed by atoms with Crippen molar-refractivity contribution < 1.29 is 13.2 Å². The fourth-order valence-corrected chi connectivity index (χ4v) is 5.28. The number of hydrogen-bond acceptors (Lipinski definition) is 5. The van der Waals surface area contributed by atoms with Crippen LogP contribution in [-0.4, -0.2) is 14.3 Å². The lowest BCUT2D eigenvalue weighted by molar-refractivity contribution is 0.102. The number of carbonyl (C=O) groups is 1. The number of benzene rings is 2. The van der Waals surface area contributed by atoms with E-state index in [9.17, 15) is 13.2 Å². The maximum absolute atomic E-state index is 12.3. The number of sulfonamides is 1. The van der Waals surface area contributed by atoms with E-state index >= 15 is 0 Å². The van der Waals surface area contributed by atoms with Crippen LogP contribution in [0.15, 0.2) is 68.7 Å². The summed E-state index contributed by atoms with van der Waals surface area (Å²) >= 11 is 4.34. The van der Waals surface area contributed by atoms with Gasteiger partial charge in [0, 0.05) is 16.9 Å². The maximum Gasteiger partial charge on any atom is 0.271 e. The molecule has 0 saturated carbocycles. The first-order valence-electron chi connectivity index (χ1n) is 7.57. The van der Waals surface area contributed by atoms with Crippen LogP contribution >= 0.6 is 27.3 Å². The Labute approximate surface area is 168 Å². The number of hydrogen-bond donors (Lipinski definition) is 2. The highest BCUT2D eigenvalue weighted by molar-refractivity contribution is 9.11. The summed E-state index contributed by atoms with van der Waals surface area (Å²) in [6.45, 7) is 0. The van der Waals surface area contributed by atoms with E-state index in [1.807, 2.05) is 6.07 Å². The second-order valence-corrected chi connectivity index (χ2v) is 9.76. The molecule has 0 spiro atoms. The van der Waals surface area contributed by atoms with Crippen molar-refractivity contribution >= 4 is 54.6 Å². The molecule has 0 aliphatic heterocycles. The Morgan fingerprint density at radius 2 is 1.78 bits per heavy atom. The van der Waals surface area contributed by atoms with E-state index in [-0.39, 0.29) is 10.1 Å². The summed E-state index contributed by atoms with van der Waals surface area (Å²) in [5.41, 5.74) is 1.66. The van der Waals surface area contributed by atoms with Gasteiger partial charge in [-0.15, -0.1) is 11.3 Å². The summed E-state index contributed by atoms with van der Waals surface area (Å²) in [6.07, 6.45) is 0. The number of nitrogens with zero attached hydrogens (tertiary/aromatic N) is 1. The van der Waals surface area contributed by atoms with Gasteiger partial charge in [0.2, 0.25) is 0 Å². The molecular weight excluding hydrogens is 450 g/mol. The van der Waals surface area contributed by atoms with Gasteiger partial charge in [-0.1, -0.05) is 6.07 Å². The molecular formula is C18H12BrN3O3S2. The standard InChI is InChI=1S/C18H12BrN3O3S2/c19-16-8-9-17(26-16)27(24,25)22-14-6-4-13(5-7-14)18(23)21-15-3-1-2-12(10-15)11-20/h1-10,22H,(H,21,23). The van der Waals surface area contributed by atoms with E-state index in [4.69, 9.17) is 5.26 Å². The first kappa shape index (κ1) is 19.1. The lowest BCUT2D eigenvalue weighted by atomic mass is 10.1. The molecule has 0 saturated heterocycles. The number of nitriles is 1. The number of nitrogens with one attached hydrogen (secondary N) is 2. The predicted octanol–water partition coefficient (Wildman–Crippen LogP) is 4.44. The Morgan fingerprint density at radius 3 is 2.41 bits per heavy atom. The van der Waals surface area contributed by atoms with Crippen LogP contribution in [0.1, 0.15) is 15.9 Å². The van der Waals surface area contributed by atoms with Crippen LogP contribution in [0.25, 0.3) is 0 Å². The zero-order chi connectivity index (χ0) is 19.4. The summed E-state index contributed by atoms with van der Waals surface area (Å²) in [5.74, 6) is -0.360. The zero-order valence-corrected chi connectivity index (χ0v) is 16.9. The van der Waals surface area contributed by atoms with Crippen molar-refractivity contribution in [3.05, 3.63) is 75.6 Å². The van der Waals surface area contributed by atoms with Crippen LogP contribution in [0.5, 0.6) is 0 Å². The minimum atomic E-state index is -3.67. The Hall–Kier alpha value is -2.67. The summed E-state index contributed by atoms with van der Waals surface area (Å²) < 4.78 is 28.0. The van der Waals surface area contributed by atoms with Crippen LogP contribution < -0.4 is 10.0 Å². The molecule has 1 heterocycles. The third kappa shape index (κ3) is 4.74. The second kappa shape index (κ2) is 7.92. The van der Waals surface area contributed by atoms with Crippen molar-refractivity contribution in [1.29, 1.82) is 5.26 Å². The summed E-state index contributed by atoms with van der Waals surface area (Å²) in [4.78, 5) is 12.3. The minimum Gasteiger partial charge on any atom is -0.322 e. The van der Waals surface area contributed by atoms with Gasteiger partial charge in [-0.05, 0) is 70.5 Å². The monoisotopic (exact) mass is 461 g/mol. The quantitative estimate of drug-likeness (QED) is 0.586. The molecule has 1 aromatic heterocycles. The Kier molecular flexibility index (Phi) is 5.60. The third-order valence-electron chi connectivity index (χ3n) is 3.46. The number of rotatable bonds is 5. The molecule has 0 bridgehead atoms. The van der Waals surface area contributed by atoms with Gasteiger partial charge in [0.25, 0.3) is 15.9 Å². The Balaban J connectivity index is 1.71. The Bertz CT molecular complexity index is 1130. The van der Waals surface area contributed by atoms with Crippen LogP contribution in [-0.2, 0) is 10.0 Å². The summed E-state index contributed by atoms with van der Waals surface area (Å²) in [6, 6.07) is 17.8. The minimum absolute atomic E-state index is 0.188. The molecule has 0 atom stereocenters. The van der Waals surface area contributed by atoms with Gasteiger partial charge in [-0.25, -0.2) is 8.42 Å². The van der Waals surface area contributed by atoms with Gasteiger partial charge in [-0.2, -0.15) is 5.26 Å². The largest absolute Gasteiger partial charge is 0.322 e. The van der Waals surface area contributed by atoms with E-state index < -0.39 is 10.0 Å². The highest BCUT2D eigenvalue weighted by Gasteiger charge is 2.17. The van der Waals surface area contributed by atoms with Crippen LogP contribution in [0.3, 0.4) is 0 Å². The molecule has 1 amide bonds. The van der Waals surface area contributed by atoms with E-state index in [0.29, 0.717) is 22.5 Å². The average molecular weight is 462 g/mol. The Morgan fingerprint density at radius 1 is 1.04 bits per heavy atom. The van der Waals surface area contributed by atoms with Gasteiger partial charge in [0.1, 0.15) is 4.21 Å². The van der Waals surface area contributed by atoms with E-state index in [1.165, 1.54) is 30.3 Å². The molecule has 0 radical (unpaired) electrons. The summed E-state index contributed by atoms with van der Waals surface area (Å²) in [5, 5.41) is 11.6. The smallest absolute Gasteiger partial charge is 0.271 e. The van der Waals surface area contributed by atoms with Gasteiger partial charge in [0.05, 0.1) is 15.4 Å². The van der Waals surface area contributed by atoms with Gasteiger partial charge < -0.3 is 5.32 Å². The molecule has 3 aromatic rings. The molecule has 9 heteroatoms. The fourth-order valence-electron chi connectivity index (χ4n) is 2.21. The van der Waals surface area contributed by atoms with Crippen molar-refractivity contribution in [3.63, 3.8) is 0 Å². The first-order valence-corrected chi connectivity index (χ1v) is 10.7. The molecule has 0 aliphatic carbocycles. The first-order chi connectivity index (χ1) is 12.9. The van der Waals surface area contributed by atoms with Gasteiger partial charge >= 0.3 is 0 Å². The topological polar surface area (TPSA) is 99.1 Å². The third-order valence-corrected chi connectivity index (χ3v) is 6.96. The lowest BCUT2D eigenvalue weighted by Crippen LogP contribution is -2.13. The van der Waals surface area contributed by atoms with Crippen molar-refractivity contribution in [2.24, 2.45) is 0 Å². The fraction of sp³-hybridized carbons (Fsp3) is 0. The van der Waals surface area contributed by atoms with Crippen molar-refractivity contribution in [2.45, 2.75) is 4.21 Å².